The predicted octanol–water partition coefficient (Wildman–Crippen LogP) is 20.4. The highest BCUT2D eigenvalue weighted by Crippen LogP contribution is 2.18. The summed E-state index contributed by atoms with van der Waals surface area (Å²) in [6, 6.07) is -0.541. The molecule has 0 radical (unpaired) electrons. The van der Waals surface area contributed by atoms with E-state index < -0.39 is 12.1 Å². The average Bonchev–Trinajstić information content (AvgIpc) is 3.37. The van der Waals surface area contributed by atoms with E-state index in [1.807, 2.05) is 0 Å². The van der Waals surface area contributed by atoms with Crippen LogP contribution in [-0.2, 0) is 14.3 Å². The SMILES string of the molecule is CCCCCCCCCCCCCCCCCC(=O)OCCCCCCCCCCCCCC/C=C\CCCCCCCCCCCCC(=O)NC(CO)C(O)CCCCCCCCCCCCCCC. The molecular formula is C65H127NO5. The molecule has 422 valence electrons. The summed E-state index contributed by atoms with van der Waals surface area (Å²) >= 11 is 0. The maximum Gasteiger partial charge on any atom is 0.305 e. The Labute approximate surface area is 444 Å². The lowest BCUT2D eigenvalue weighted by molar-refractivity contribution is -0.143. The summed E-state index contributed by atoms with van der Waals surface area (Å²) < 4.78 is 5.49. The molecule has 0 rings (SSSR count). The first kappa shape index (κ1) is 69.6. The van der Waals surface area contributed by atoms with E-state index in [-0.39, 0.29) is 18.5 Å². The van der Waals surface area contributed by atoms with Gasteiger partial charge in [-0.3, -0.25) is 9.59 Å². The molecule has 6 nitrogen and oxygen atoms in total. The summed E-state index contributed by atoms with van der Waals surface area (Å²) in [6.45, 7) is 4.98. The van der Waals surface area contributed by atoms with Gasteiger partial charge in [0.2, 0.25) is 5.91 Å². The van der Waals surface area contributed by atoms with E-state index in [0.29, 0.717) is 25.9 Å². The van der Waals surface area contributed by atoms with Gasteiger partial charge in [0.25, 0.3) is 0 Å². The lowest BCUT2D eigenvalue weighted by atomic mass is 10.0. The lowest BCUT2D eigenvalue weighted by Gasteiger charge is -2.22. The molecule has 0 fully saturated rings. The van der Waals surface area contributed by atoms with Crippen molar-refractivity contribution in [3.8, 4) is 0 Å². The van der Waals surface area contributed by atoms with Crippen molar-refractivity contribution in [1.29, 1.82) is 0 Å². The van der Waals surface area contributed by atoms with Gasteiger partial charge in [-0.25, -0.2) is 0 Å². The van der Waals surface area contributed by atoms with Crippen molar-refractivity contribution in [2.24, 2.45) is 0 Å². The third-order valence-electron chi connectivity index (χ3n) is 15.3. The third-order valence-corrected chi connectivity index (χ3v) is 15.3. The van der Waals surface area contributed by atoms with Crippen molar-refractivity contribution < 1.29 is 24.5 Å². The van der Waals surface area contributed by atoms with Gasteiger partial charge < -0.3 is 20.3 Å². The van der Waals surface area contributed by atoms with Crippen LogP contribution in [0.15, 0.2) is 12.2 Å². The number of aliphatic hydroxyl groups is 2. The van der Waals surface area contributed by atoms with Crippen LogP contribution in [0.25, 0.3) is 0 Å². The Hall–Kier alpha value is -1.40. The second-order valence-corrected chi connectivity index (χ2v) is 22.5. The number of hydrogen-bond donors (Lipinski definition) is 3. The van der Waals surface area contributed by atoms with Gasteiger partial charge in [-0.1, -0.05) is 315 Å². The molecule has 1 amide bonds. The molecule has 71 heavy (non-hydrogen) atoms. The molecule has 0 saturated carbocycles. The largest absolute Gasteiger partial charge is 0.466 e. The average molecular weight is 1000 g/mol. The quantitative estimate of drug-likeness (QED) is 0.0320. The number of aliphatic hydroxyl groups excluding tert-OH is 2. The first-order valence-corrected chi connectivity index (χ1v) is 32.4. The van der Waals surface area contributed by atoms with E-state index in [9.17, 15) is 19.8 Å². The third kappa shape index (κ3) is 57.7. The summed E-state index contributed by atoms with van der Waals surface area (Å²) in [6.07, 6.45) is 73.8. The van der Waals surface area contributed by atoms with Gasteiger partial charge in [-0.05, 0) is 51.4 Å². The van der Waals surface area contributed by atoms with E-state index in [4.69, 9.17) is 4.74 Å². The smallest absolute Gasteiger partial charge is 0.305 e. The Kier molecular flexibility index (Phi) is 59.9. The highest BCUT2D eigenvalue weighted by molar-refractivity contribution is 5.76. The molecule has 6 heteroatoms. The number of carbonyl (C=O) groups excluding carboxylic acids is 2. The summed E-state index contributed by atoms with van der Waals surface area (Å²) in [5.41, 5.74) is 0. The molecule has 0 aliphatic carbocycles. The maximum absolute atomic E-state index is 12.5. The fourth-order valence-corrected chi connectivity index (χ4v) is 10.3. The number of hydrogen-bond acceptors (Lipinski definition) is 5. The number of esters is 1. The van der Waals surface area contributed by atoms with Crippen LogP contribution >= 0.6 is 0 Å². The Morgan fingerprint density at radius 3 is 1.00 bits per heavy atom. The van der Waals surface area contributed by atoms with E-state index in [2.05, 4.69) is 31.3 Å². The molecule has 2 atom stereocenters. The van der Waals surface area contributed by atoms with Gasteiger partial charge in [0.15, 0.2) is 0 Å². The number of ether oxygens (including phenoxy) is 1. The minimum absolute atomic E-state index is 0.0179. The molecule has 0 aromatic carbocycles. The molecule has 0 aromatic rings. The standard InChI is InChI=1S/C65H127NO5/c1-3-5-7-9-11-13-15-17-30-35-39-43-47-51-55-59-65(70)71-60-56-52-48-44-40-36-32-29-27-25-23-21-19-18-20-22-24-26-28-31-34-38-42-46-50-54-58-64(69)66-62(61-67)63(68)57-53-49-45-41-37-33-16-14-12-10-8-6-4-2/h18,20,62-63,67-68H,3-17,19,21-61H2,1-2H3,(H,66,69)/b20-18-. The lowest BCUT2D eigenvalue weighted by Crippen LogP contribution is -2.45. The minimum Gasteiger partial charge on any atom is -0.466 e. The normalized spacial score (nSPS) is 12.6. The van der Waals surface area contributed by atoms with Gasteiger partial charge >= 0.3 is 5.97 Å². The summed E-state index contributed by atoms with van der Waals surface area (Å²) in [7, 11) is 0. The van der Waals surface area contributed by atoms with Gasteiger partial charge in [-0.15, -0.1) is 0 Å². The van der Waals surface area contributed by atoms with Crippen LogP contribution in [0.5, 0.6) is 0 Å². The minimum atomic E-state index is -0.664. The molecule has 0 spiro atoms. The zero-order valence-electron chi connectivity index (χ0n) is 48.2. The second-order valence-electron chi connectivity index (χ2n) is 22.5. The van der Waals surface area contributed by atoms with Gasteiger partial charge in [0.1, 0.15) is 0 Å². The monoisotopic (exact) mass is 1000 g/mol. The molecule has 0 aliphatic heterocycles. The van der Waals surface area contributed by atoms with Crippen LogP contribution in [0, 0.1) is 0 Å². The van der Waals surface area contributed by atoms with Crippen LogP contribution in [0.2, 0.25) is 0 Å². The van der Waals surface area contributed by atoms with Crippen molar-refractivity contribution in [1.82, 2.24) is 5.32 Å². The number of nitrogens with one attached hydrogen (secondary N) is 1. The molecule has 3 N–H and O–H groups in total. The zero-order valence-corrected chi connectivity index (χ0v) is 48.2. The summed E-state index contributed by atoms with van der Waals surface area (Å²) in [5.74, 6) is -0.0170. The van der Waals surface area contributed by atoms with E-state index in [0.717, 1.165) is 38.5 Å². The van der Waals surface area contributed by atoms with E-state index in [1.54, 1.807) is 0 Å². The molecular weight excluding hydrogens is 875 g/mol. The molecule has 0 bridgehead atoms. The van der Waals surface area contributed by atoms with Gasteiger partial charge in [0.05, 0.1) is 25.4 Å². The van der Waals surface area contributed by atoms with E-state index in [1.165, 1.54) is 295 Å². The van der Waals surface area contributed by atoms with Crippen molar-refractivity contribution in [3.05, 3.63) is 12.2 Å². The maximum atomic E-state index is 12.5. The van der Waals surface area contributed by atoms with Crippen molar-refractivity contribution >= 4 is 11.9 Å². The second kappa shape index (κ2) is 61.1. The molecule has 2 unspecified atom stereocenters. The van der Waals surface area contributed by atoms with Crippen LogP contribution in [0.1, 0.15) is 367 Å². The Balaban J connectivity index is 3.36. The molecule has 0 saturated heterocycles. The van der Waals surface area contributed by atoms with Crippen molar-refractivity contribution in [2.75, 3.05) is 13.2 Å². The van der Waals surface area contributed by atoms with Gasteiger partial charge in [-0.2, -0.15) is 0 Å². The highest BCUT2D eigenvalue weighted by atomic mass is 16.5. The number of allylic oxidation sites excluding steroid dienone is 2. The van der Waals surface area contributed by atoms with E-state index >= 15 is 0 Å². The van der Waals surface area contributed by atoms with Crippen LogP contribution in [0.3, 0.4) is 0 Å². The predicted molar refractivity (Wildman–Crippen MR) is 310 cm³/mol. The highest BCUT2D eigenvalue weighted by Gasteiger charge is 2.20. The molecule has 0 aliphatic rings. The summed E-state index contributed by atoms with van der Waals surface area (Å²) in [5, 5.41) is 23.3. The van der Waals surface area contributed by atoms with Crippen LogP contribution in [-0.4, -0.2) is 47.4 Å². The molecule has 0 heterocycles. The first-order valence-electron chi connectivity index (χ1n) is 32.4. The topological polar surface area (TPSA) is 95.9 Å². The fourth-order valence-electron chi connectivity index (χ4n) is 10.3. The first-order chi connectivity index (χ1) is 35.0. The van der Waals surface area contributed by atoms with Crippen LogP contribution in [0.4, 0.5) is 0 Å². The van der Waals surface area contributed by atoms with Gasteiger partial charge in [0, 0.05) is 12.8 Å². The number of carbonyl (C=O) groups is 2. The summed E-state index contributed by atoms with van der Waals surface area (Å²) in [4.78, 5) is 24.5. The Bertz CT molecular complexity index is 1060. The fraction of sp³-hybridized carbons (Fsp3) is 0.938. The van der Waals surface area contributed by atoms with Crippen LogP contribution < -0.4 is 5.32 Å². The van der Waals surface area contributed by atoms with Crippen molar-refractivity contribution in [2.45, 2.75) is 379 Å². The Morgan fingerprint density at radius 2 is 0.662 bits per heavy atom. The van der Waals surface area contributed by atoms with Crippen molar-refractivity contribution in [3.63, 3.8) is 0 Å². The molecule has 0 aromatic heterocycles. The Morgan fingerprint density at radius 1 is 0.380 bits per heavy atom. The zero-order chi connectivity index (χ0) is 51.4. The number of rotatable bonds is 61. The number of unbranched alkanes of at least 4 members (excludes halogenated alkanes) is 48. The number of amides is 1.